The van der Waals surface area contributed by atoms with Gasteiger partial charge in [0, 0.05) is 5.57 Å². The van der Waals surface area contributed by atoms with E-state index in [1.54, 1.807) is 0 Å². The van der Waals surface area contributed by atoms with Gasteiger partial charge in [0.2, 0.25) is 0 Å². The van der Waals surface area contributed by atoms with Gasteiger partial charge in [0.05, 0.1) is 13.2 Å². The third-order valence-corrected chi connectivity index (χ3v) is 8.74. The van der Waals surface area contributed by atoms with Crippen LogP contribution in [0.3, 0.4) is 0 Å². The monoisotopic (exact) mass is 334 g/mol. The van der Waals surface area contributed by atoms with Crippen molar-refractivity contribution in [3.05, 3.63) is 48.0 Å². The van der Waals surface area contributed by atoms with Crippen molar-refractivity contribution in [1.29, 1.82) is 0 Å². The van der Waals surface area contributed by atoms with E-state index in [2.05, 4.69) is 45.2 Å². The summed E-state index contributed by atoms with van der Waals surface area (Å²) in [5.41, 5.74) is 0.910. The van der Waals surface area contributed by atoms with E-state index >= 15 is 0 Å². The van der Waals surface area contributed by atoms with Gasteiger partial charge >= 0.3 is 5.97 Å². The van der Waals surface area contributed by atoms with Gasteiger partial charge in [-0.25, -0.2) is 4.79 Å². The minimum atomic E-state index is -2.17. The summed E-state index contributed by atoms with van der Waals surface area (Å²) in [5.74, 6) is -1.67. The molecule has 0 amide bonds. The average Bonchev–Trinajstić information content (AvgIpc) is 2.50. The predicted molar refractivity (Wildman–Crippen MR) is 93.6 cm³/mol. The summed E-state index contributed by atoms with van der Waals surface area (Å²) in [4.78, 5) is 23.8. The van der Waals surface area contributed by atoms with E-state index in [0.29, 0.717) is 0 Å². The molecule has 4 nitrogen and oxygen atoms in total. The fourth-order valence-electron chi connectivity index (χ4n) is 1.78. The zero-order valence-corrected chi connectivity index (χ0v) is 15.8. The Labute approximate surface area is 139 Å². The Morgan fingerprint density at radius 3 is 2.09 bits per heavy atom. The third-order valence-electron chi connectivity index (χ3n) is 4.30. The van der Waals surface area contributed by atoms with E-state index in [-0.39, 0.29) is 10.6 Å². The van der Waals surface area contributed by atoms with E-state index in [1.807, 2.05) is 30.3 Å². The van der Waals surface area contributed by atoms with Crippen LogP contribution in [-0.4, -0.2) is 27.2 Å². The number of ether oxygens (including phenoxy) is 1. The molecule has 0 aliphatic carbocycles. The molecule has 0 radical (unpaired) electrons. The Bertz CT molecular complexity index is 585. The highest BCUT2D eigenvalue weighted by atomic mass is 28.4. The molecular formula is C18H26O4Si. The lowest BCUT2D eigenvalue weighted by Gasteiger charge is -2.39. The van der Waals surface area contributed by atoms with E-state index in [0.717, 1.165) is 5.56 Å². The Morgan fingerprint density at radius 2 is 1.65 bits per heavy atom. The number of esters is 1. The van der Waals surface area contributed by atoms with Gasteiger partial charge < -0.3 is 9.16 Å². The fraction of sp³-hybridized carbons (Fsp3) is 0.444. The number of Topliss-reactive ketones (excluding diaryl/α,β-unsaturated/α-hetero) is 1. The van der Waals surface area contributed by atoms with Crippen LogP contribution >= 0.6 is 0 Å². The summed E-state index contributed by atoms with van der Waals surface area (Å²) >= 11 is 0. The van der Waals surface area contributed by atoms with Crippen LogP contribution in [0.2, 0.25) is 18.1 Å². The zero-order valence-electron chi connectivity index (χ0n) is 14.8. The number of hydrogen-bond acceptors (Lipinski definition) is 4. The van der Waals surface area contributed by atoms with E-state index < -0.39 is 26.2 Å². The number of rotatable bonds is 6. The lowest BCUT2D eigenvalue weighted by Crippen LogP contribution is -2.42. The molecule has 0 saturated carbocycles. The van der Waals surface area contributed by atoms with Gasteiger partial charge in [0.1, 0.15) is 0 Å². The minimum absolute atomic E-state index is 0.0331. The van der Waals surface area contributed by atoms with Gasteiger partial charge in [-0.2, -0.15) is 0 Å². The highest BCUT2D eigenvalue weighted by molar-refractivity contribution is 6.74. The molecule has 23 heavy (non-hydrogen) atoms. The number of hydrogen-bond donors (Lipinski definition) is 0. The second kappa shape index (κ2) is 7.23. The van der Waals surface area contributed by atoms with Gasteiger partial charge in [-0.3, -0.25) is 4.79 Å². The number of carbonyl (C=O) groups excluding carboxylic acids is 2. The van der Waals surface area contributed by atoms with Crippen LogP contribution in [0, 0.1) is 0 Å². The van der Waals surface area contributed by atoms with Crippen LogP contribution in [0.25, 0.3) is 0 Å². The summed E-state index contributed by atoms with van der Waals surface area (Å²) in [7, 11) is -0.989. The number of benzene rings is 1. The molecule has 1 unspecified atom stereocenters. The Morgan fingerprint density at radius 1 is 1.13 bits per heavy atom. The summed E-state index contributed by atoms with van der Waals surface area (Å²) in [6.45, 7) is 14.4. The normalized spacial score (nSPS) is 13.3. The second-order valence-electron chi connectivity index (χ2n) is 7.01. The largest absolute Gasteiger partial charge is 0.463 e. The van der Waals surface area contributed by atoms with Crippen molar-refractivity contribution in [2.24, 2.45) is 0 Å². The van der Waals surface area contributed by atoms with Gasteiger partial charge in [-0.15, -0.1) is 0 Å². The van der Waals surface area contributed by atoms with E-state index in [1.165, 1.54) is 7.11 Å². The fourth-order valence-corrected chi connectivity index (χ4v) is 3.00. The number of methoxy groups -OCH3 is 1. The molecule has 126 valence electrons. The van der Waals surface area contributed by atoms with Crippen LogP contribution in [0.15, 0.2) is 42.5 Å². The minimum Gasteiger partial charge on any atom is -0.463 e. The Hall–Kier alpha value is -1.72. The Balaban J connectivity index is 3.22. The molecule has 0 aliphatic heterocycles. The number of carbonyl (C=O) groups is 2. The maximum absolute atomic E-state index is 12.2. The van der Waals surface area contributed by atoms with Crippen molar-refractivity contribution in [1.82, 2.24) is 0 Å². The lowest BCUT2D eigenvalue weighted by molar-refractivity contribution is -0.150. The first-order valence-electron chi connectivity index (χ1n) is 7.55. The molecule has 1 atom stereocenters. The first-order valence-corrected chi connectivity index (χ1v) is 10.5. The van der Waals surface area contributed by atoms with Crippen molar-refractivity contribution in [3.63, 3.8) is 0 Å². The van der Waals surface area contributed by atoms with Crippen LogP contribution in [0.1, 0.15) is 32.4 Å². The highest BCUT2D eigenvalue weighted by Gasteiger charge is 2.41. The first-order chi connectivity index (χ1) is 10.5. The topological polar surface area (TPSA) is 52.6 Å². The molecule has 0 bridgehead atoms. The molecule has 0 saturated heterocycles. The van der Waals surface area contributed by atoms with Crippen molar-refractivity contribution < 1.29 is 18.8 Å². The average molecular weight is 334 g/mol. The number of ketones is 1. The quantitative estimate of drug-likeness (QED) is 0.341. The van der Waals surface area contributed by atoms with E-state index in [4.69, 9.17) is 4.43 Å². The van der Waals surface area contributed by atoms with Crippen LogP contribution in [0.5, 0.6) is 0 Å². The molecule has 1 aromatic rings. The van der Waals surface area contributed by atoms with Gasteiger partial charge in [-0.1, -0.05) is 57.7 Å². The SMILES string of the molecule is C=C(C(=O)C(=O)OC)C(O[Si](C)(C)C(C)(C)C)c1ccccc1. The highest BCUT2D eigenvalue weighted by Crippen LogP contribution is 2.41. The van der Waals surface area contributed by atoms with Crippen LogP contribution in [-0.2, 0) is 18.8 Å². The van der Waals surface area contributed by atoms with Crippen molar-refractivity contribution in [2.45, 2.75) is 45.0 Å². The second-order valence-corrected chi connectivity index (χ2v) is 11.8. The van der Waals surface area contributed by atoms with E-state index in [9.17, 15) is 9.59 Å². The zero-order chi connectivity index (χ0) is 17.8. The Kier molecular flexibility index (Phi) is 6.08. The molecule has 1 rings (SSSR count). The standard InChI is InChI=1S/C18H26O4Si/c1-13(15(19)17(20)21-5)16(14-11-9-8-10-12-14)22-23(6,7)18(2,3)4/h8-12,16H,1H2,2-7H3. The molecule has 0 fully saturated rings. The summed E-state index contributed by atoms with van der Waals surface area (Å²) in [5, 5.41) is -0.0331. The molecule has 0 aliphatic rings. The van der Waals surface area contributed by atoms with Crippen molar-refractivity contribution >= 4 is 20.1 Å². The van der Waals surface area contributed by atoms with Gasteiger partial charge in [-0.05, 0) is 23.7 Å². The molecule has 5 heteroatoms. The van der Waals surface area contributed by atoms with Crippen LogP contribution < -0.4 is 0 Å². The lowest BCUT2D eigenvalue weighted by atomic mass is 10.00. The molecular weight excluding hydrogens is 308 g/mol. The molecule has 1 aromatic carbocycles. The van der Waals surface area contributed by atoms with Crippen molar-refractivity contribution in [3.8, 4) is 0 Å². The summed E-state index contributed by atoms with van der Waals surface area (Å²) in [6.07, 6.45) is -0.649. The maximum Gasteiger partial charge on any atom is 0.379 e. The smallest absolute Gasteiger partial charge is 0.379 e. The molecule has 0 heterocycles. The van der Waals surface area contributed by atoms with Crippen molar-refractivity contribution in [2.75, 3.05) is 7.11 Å². The third kappa shape index (κ3) is 4.62. The first kappa shape index (κ1) is 19.3. The molecule has 0 N–H and O–H groups in total. The predicted octanol–water partition coefficient (Wildman–Crippen LogP) is 4.05. The van der Waals surface area contributed by atoms with Gasteiger partial charge in [0.15, 0.2) is 8.32 Å². The summed E-state index contributed by atoms with van der Waals surface area (Å²) < 4.78 is 10.9. The van der Waals surface area contributed by atoms with Gasteiger partial charge in [0.25, 0.3) is 5.78 Å². The maximum atomic E-state index is 12.2. The summed E-state index contributed by atoms with van der Waals surface area (Å²) in [6, 6.07) is 9.36. The van der Waals surface area contributed by atoms with Crippen LogP contribution in [0.4, 0.5) is 0 Å². The molecule has 0 spiro atoms. The molecule has 0 aromatic heterocycles.